The maximum Gasteiger partial charge on any atom is 0.416 e. The Bertz CT molecular complexity index is 477. The van der Waals surface area contributed by atoms with Gasteiger partial charge in [0.15, 0.2) is 0 Å². The smallest absolute Gasteiger partial charge is 0.416 e. The number of nitrogens with two attached hydrogens (primary N) is 1. The molecule has 1 aromatic carbocycles. The minimum Gasteiger partial charge on any atom is -0.508 e. The first-order valence-electron chi connectivity index (χ1n) is 5.01. The van der Waals surface area contributed by atoms with Gasteiger partial charge in [0, 0.05) is 0 Å². The van der Waals surface area contributed by atoms with Crippen LogP contribution in [0.5, 0.6) is 5.75 Å². The van der Waals surface area contributed by atoms with E-state index in [4.69, 9.17) is 10.8 Å². The van der Waals surface area contributed by atoms with Crippen LogP contribution in [-0.2, 0) is 17.4 Å². The summed E-state index contributed by atoms with van der Waals surface area (Å²) in [6, 6.07) is 0.283. The molecule has 1 atom stereocenters. The highest BCUT2D eigenvalue weighted by atomic mass is 79.9. The predicted octanol–water partition coefficient (Wildman–Crippen LogP) is 2.25. The molecule has 0 saturated heterocycles. The fourth-order valence-electron chi connectivity index (χ4n) is 1.63. The standard InChI is InChI=1S/C11H12F3NO3.BrH/c1-5-2-6(16)3-8(11(12,13)14)7(5)4-9(15)10(17)18;/h2-3,9,16H,4,15H2,1H3,(H,17,18);1H/t9-;/m0./s1. The van der Waals surface area contributed by atoms with Crippen LogP contribution >= 0.6 is 17.0 Å². The highest BCUT2D eigenvalue weighted by Crippen LogP contribution is 2.36. The Balaban J connectivity index is 0.00000324. The van der Waals surface area contributed by atoms with Gasteiger partial charge in [-0.25, -0.2) is 0 Å². The summed E-state index contributed by atoms with van der Waals surface area (Å²) >= 11 is 0. The Labute approximate surface area is 117 Å². The highest BCUT2D eigenvalue weighted by molar-refractivity contribution is 8.93. The summed E-state index contributed by atoms with van der Waals surface area (Å²) in [6.45, 7) is 1.36. The lowest BCUT2D eigenvalue weighted by atomic mass is 9.95. The number of aromatic hydroxyl groups is 1. The van der Waals surface area contributed by atoms with Gasteiger partial charge in [0.2, 0.25) is 0 Å². The average Bonchev–Trinajstić information content (AvgIpc) is 2.19. The van der Waals surface area contributed by atoms with Crippen molar-refractivity contribution in [3.05, 3.63) is 28.8 Å². The number of aliphatic carboxylic acids is 1. The molecule has 0 saturated carbocycles. The SMILES string of the molecule is Br.Cc1cc(O)cc(C(F)(F)F)c1C[C@H](N)C(=O)O. The molecule has 8 heteroatoms. The fourth-order valence-corrected chi connectivity index (χ4v) is 1.63. The number of phenols is 1. The van der Waals surface area contributed by atoms with Gasteiger partial charge >= 0.3 is 12.1 Å². The van der Waals surface area contributed by atoms with Crippen LogP contribution in [0.4, 0.5) is 13.2 Å². The van der Waals surface area contributed by atoms with E-state index in [1.54, 1.807) is 0 Å². The van der Waals surface area contributed by atoms with E-state index in [-0.39, 0.29) is 28.1 Å². The molecule has 108 valence electrons. The number of rotatable bonds is 3. The van der Waals surface area contributed by atoms with Gasteiger partial charge in [0.1, 0.15) is 11.8 Å². The zero-order chi connectivity index (χ0) is 14.1. The molecule has 0 aliphatic heterocycles. The summed E-state index contributed by atoms with van der Waals surface area (Å²) in [6.07, 6.45) is -5.12. The third-order valence-electron chi connectivity index (χ3n) is 2.50. The first-order chi connectivity index (χ1) is 8.12. The summed E-state index contributed by atoms with van der Waals surface area (Å²) in [4.78, 5) is 10.6. The van der Waals surface area contributed by atoms with E-state index in [9.17, 15) is 23.1 Å². The van der Waals surface area contributed by atoms with Crippen LogP contribution in [-0.4, -0.2) is 22.2 Å². The molecule has 4 N–H and O–H groups in total. The molecule has 0 aliphatic rings. The van der Waals surface area contributed by atoms with Crippen LogP contribution in [0.1, 0.15) is 16.7 Å². The number of halogens is 4. The topological polar surface area (TPSA) is 83.5 Å². The van der Waals surface area contributed by atoms with Crippen LogP contribution in [0, 0.1) is 6.92 Å². The lowest BCUT2D eigenvalue weighted by Crippen LogP contribution is -2.33. The quantitative estimate of drug-likeness (QED) is 0.785. The summed E-state index contributed by atoms with van der Waals surface area (Å²) in [7, 11) is 0. The molecule has 19 heavy (non-hydrogen) atoms. The predicted molar refractivity (Wildman–Crippen MR) is 67.5 cm³/mol. The van der Waals surface area contributed by atoms with Crippen molar-refractivity contribution < 1.29 is 28.2 Å². The largest absolute Gasteiger partial charge is 0.508 e. The molecule has 0 amide bonds. The van der Waals surface area contributed by atoms with Crippen molar-refractivity contribution in [2.75, 3.05) is 0 Å². The molecule has 1 aromatic rings. The van der Waals surface area contributed by atoms with E-state index in [0.717, 1.165) is 6.07 Å². The molecule has 0 fully saturated rings. The van der Waals surface area contributed by atoms with Crippen LogP contribution in [0.25, 0.3) is 0 Å². The van der Waals surface area contributed by atoms with Crippen molar-refractivity contribution in [1.82, 2.24) is 0 Å². The number of carboxylic acids is 1. The van der Waals surface area contributed by atoms with Gasteiger partial charge < -0.3 is 15.9 Å². The van der Waals surface area contributed by atoms with Crippen molar-refractivity contribution in [1.29, 1.82) is 0 Å². The second kappa shape index (κ2) is 6.25. The number of carboxylic acid groups (broad SMARTS) is 1. The minimum absolute atomic E-state index is 0. The van der Waals surface area contributed by atoms with Gasteiger partial charge in [-0.15, -0.1) is 17.0 Å². The lowest BCUT2D eigenvalue weighted by Gasteiger charge is -2.17. The van der Waals surface area contributed by atoms with Gasteiger partial charge in [-0.1, -0.05) is 0 Å². The molecule has 0 radical (unpaired) electrons. The van der Waals surface area contributed by atoms with Crippen LogP contribution in [0.15, 0.2) is 12.1 Å². The zero-order valence-corrected chi connectivity index (χ0v) is 11.6. The van der Waals surface area contributed by atoms with E-state index in [2.05, 4.69) is 0 Å². The fraction of sp³-hybridized carbons (Fsp3) is 0.364. The molecular weight excluding hydrogens is 331 g/mol. The summed E-state index contributed by atoms with van der Waals surface area (Å²) in [5.74, 6) is -1.90. The van der Waals surface area contributed by atoms with Gasteiger partial charge in [-0.05, 0) is 36.6 Å². The first kappa shape index (κ1) is 17.7. The average molecular weight is 344 g/mol. The molecular formula is C11H13BrF3NO3. The van der Waals surface area contributed by atoms with Crippen LogP contribution in [0.2, 0.25) is 0 Å². The van der Waals surface area contributed by atoms with E-state index >= 15 is 0 Å². The molecule has 0 aliphatic carbocycles. The normalized spacial score (nSPS) is 12.7. The summed E-state index contributed by atoms with van der Waals surface area (Å²) < 4.78 is 38.3. The zero-order valence-electron chi connectivity index (χ0n) is 9.86. The number of carbonyl (C=O) groups is 1. The van der Waals surface area contributed by atoms with Gasteiger partial charge in [-0.2, -0.15) is 13.2 Å². The van der Waals surface area contributed by atoms with E-state index in [1.165, 1.54) is 6.92 Å². The van der Waals surface area contributed by atoms with Crippen LogP contribution in [0.3, 0.4) is 0 Å². The molecule has 0 spiro atoms. The molecule has 1 rings (SSSR count). The highest BCUT2D eigenvalue weighted by Gasteiger charge is 2.35. The van der Waals surface area contributed by atoms with Gasteiger partial charge in [-0.3, -0.25) is 4.79 Å². The van der Waals surface area contributed by atoms with E-state index in [1.807, 2.05) is 0 Å². The number of hydrogen-bond donors (Lipinski definition) is 3. The third kappa shape index (κ3) is 4.39. The number of benzene rings is 1. The van der Waals surface area contributed by atoms with Crippen molar-refractivity contribution in [2.24, 2.45) is 5.73 Å². The third-order valence-corrected chi connectivity index (χ3v) is 2.50. The second-order valence-electron chi connectivity index (χ2n) is 3.94. The Kier molecular flexibility index (Phi) is 5.83. The first-order valence-corrected chi connectivity index (χ1v) is 5.01. The van der Waals surface area contributed by atoms with Crippen molar-refractivity contribution >= 4 is 23.0 Å². The number of hydrogen-bond acceptors (Lipinski definition) is 3. The molecule has 4 nitrogen and oxygen atoms in total. The van der Waals surface area contributed by atoms with Gasteiger partial charge in [0.25, 0.3) is 0 Å². The number of alkyl halides is 3. The lowest BCUT2D eigenvalue weighted by molar-refractivity contribution is -0.141. The Morgan fingerprint density at radius 2 is 1.95 bits per heavy atom. The van der Waals surface area contributed by atoms with Crippen LogP contribution < -0.4 is 5.73 Å². The van der Waals surface area contributed by atoms with Crippen molar-refractivity contribution in [2.45, 2.75) is 25.6 Å². The monoisotopic (exact) mass is 343 g/mol. The summed E-state index contributed by atoms with van der Waals surface area (Å²) in [5.41, 5.74) is 4.12. The van der Waals surface area contributed by atoms with Crippen molar-refractivity contribution in [3.8, 4) is 5.75 Å². The maximum absolute atomic E-state index is 12.8. The summed E-state index contributed by atoms with van der Waals surface area (Å²) in [5, 5.41) is 17.8. The second-order valence-corrected chi connectivity index (χ2v) is 3.94. The Morgan fingerprint density at radius 3 is 2.37 bits per heavy atom. The number of phenolic OH excluding ortho intramolecular Hbond substituents is 1. The minimum atomic E-state index is -4.67. The molecule has 0 bridgehead atoms. The van der Waals surface area contributed by atoms with Gasteiger partial charge in [0.05, 0.1) is 5.56 Å². The van der Waals surface area contributed by atoms with E-state index < -0.39 is 35.9 Å². The maximum atomic E-state index is 12.8. The molecule has 0 unspecified atom stereocenters. The van der Waals surface area contributed by atoms with E-state index in [0.29, 0.717) is 6.07 Å². The molecule has 0 aromatic heterocycles. The number of aryl methyl sites for hydroxylation is 1. The van der Waals surface area contributed by atoms with Crippen molar-refractivity contribution in [3.63, 3.8) is 0 Å². The molecule has 0 heterocycles. The Hall–Kier alpha value is -1.28. The Morgan fingerprint density at radius 1 is 1.42 bits per heavy atom.